The zero-order chi connectivity index (χ0) is 19.1. The Morgan fingerprint density at radius 2 is 1.52 bits per heavy atom. The zero-order valence-corrected chi connectivity index (χ0v) is 16.4. The van der Waals surface area contributed by atoms with Gasteiger partial charge in [-0.25, -0.2) is 0 Å². The van der Waals surface area contributed by atoms with Gasteiger partial charge in [-0.3, -0.25) is 0 Å². The van der Waals surface area contributed by atoms with Gasteiger partial charge in [0, 0.05) is 5.56 Å². The van der Waals surface area contributed by atoms with Gasteiger partial charge >= 0.3 is 0 Å². The van der Waals surface area contributed by atoms with Gasteiger partial charge in [-0.05, 0) is 47.9 Å². The normalized spacial score (nSPS) is 20.0. The summed E-state index contributed by atoms with van der Waals surface area (Å²) in [6.45, 7) is 2.27. The molecule has 3 heteroatoms. The summed E-state index contributed by atoms with van der Waals surface area (Å²) in [4.78, 5) is 3.27. The highest BCUT2D eigenvalue weighted by Gasteiger charge is 2.20. The minimum Gasteiger partial charge on any atom is -0.190 e. The molecule has 1 saturated carbocycles. The van der Waals surface area contributed by atoms with Gasteiger partial charge in [-0.15, -0.1) is 0 Å². The lowest BCUT2D eigenvalue weighted by atomic mass is 9.78. The van der Waals surface area contributed by atoms with Crippen molar-refractivity contribution in [3.63, 3.8) is 0 Å². The van der Waals surface area contributed by atoms with Gasteiger partial charge < -0.3 is 0 Å². The summed E-state index contributed by atoms with van der Waals surface area (Å²) >= 11 is 0. The number of pyridine rings is 1. The van der Waals surface area contributed by atoms with Crippen LogP contribution in [0, 0.1) is 23.7 Å². The minimum atomic E-state index is -0.784. The van der Waals surface area contributed by atoms with Crippen molar-refractivity contribution in [2.45, 2.75) is 71.1 Å². The summed E-state index contributed by atoms with van der Waals surface area (Å²) in [5.41, 5.74) is 2.39. The van der Waals surface area contributed by atoms with Crippen LogP contribution >= 0.6 is 0 Å². The molecular weight excluding hydrogens is 340 g/mol. The second-order valence-corrected chi connectivity index (χ2v) is 8.09. The quantitative estimate of drug-likeness (QED) is 0.349. The van der Waals surface area contributed by atoms with Gasteiger partial charge in [0.15, 0.2) is 0 Å². The van der Waals surface area contributed by atoms with E-state index in [9.17, 15) is 8.78 Å². The first kappa shape index (κ1) is 20.0. The average molecular weight is 372 g/mol. The third kappa shape index (κ3) is 5.85. The predicted octanol–water partition coefficient (Wildman–Crippen LogP) is 7.35. The molecule has 0 aliphatic heterocycles. The number of halogens is 2. The number of benzene rings is 1. The standard InChI is InChI=1S/C24H31F2N/c1-2-3-4-5-18-6-8-19(9-7-18)10-11-20-12-14-21(15-13-20)22-16-17-23(25)27-24(22)26/h12-19H,2-11H2,1H3. The maximum absolute atomic E-state index is 13.8. The number of aryl methyl sites for hydroxylation is 1. The molecule has 1 aromatic heterocycles. The first-order valence-corrected chi connectivity index (χ1v) is 10.6. The number of nitrogens with zero attached hydrogens (tertiary/aromatic N) is 1. The first-order chi connectivity index (χ1) is 13.2. The van der Waals surface area contributed by atoms with Crippen molar-refractivity contribution < 1.29 is 8.78 Å². The van der Waals surface area contributed by atoms with Gasteiger partial charge in [0.25, 0.3) is 0 Å². The van der Waals surface area contributed by atoms with Crippen LogP contribution in [0.2, 0.25) is 0 Å². The van der Waals surface area contributed by atoms with Gasteiger partial charge in [0.1, 0.15) is 0 Å². The third-order valence-corrected chi connectivity index (χ3v) is 6.10. The van der Waals surface area contributed by atoms with Crippen LogP contribution in [0.1, 0.15) is 70.3 Å². The highest BCUT2D eigenvalue weighted by Crippen LogP contribution is 2.34. The van der Waals surface area contributed by atoms with Crippen LogP contribution in [-0.2, 0) is 6.42 Å². The van der Waals surface area contributed by atoms with Crippen LogP contribution in [0.3, 0.4) is 0 Å². The van der Waals surface area contributed by atoms with Crippen molar-refractivity contribution in [2.75, 3.05) is 0 Å². The summed E-state index contributed by atoms with van der Waals surface area (Å²) in [7, 11) is 0. The van der Waals surface area contributed by atoms with Gasteiger partial charge in [-0.1, -0.05) is 82.6 Å². The van der Waals surface area contributed by atoms with Crippen LogP contribution in [0.4, 0.5) is 8.78 Å². The van der Waals surface area contributed by atoms with Crippen molar-refractivity contribution in [1.29, 1.82) is 0 Å². The van der Waals surface area contributed by atoms with Crippen LogP contribution in [0.5, 0.6) is 0 Å². The molecule has 0 N–H and O–H groups in total. The molecule has 0 amide bonds. The fourth-order valence-electron chi connectivity index (χ4n) is 4.34. The molecule has 1 fully saturated rings. The molecule has 1 aliphatic rings. The summed E-state index contributed by atoms with van der Waals surface area (Å²) in [5, 5.41) is 0. The number of unbranched alkanes of at least 4 members (excludes halogenated alkanes) is 2. The van der Waals surface area contributed by atoms with E-state index in [0.29, 0.717) is 5.56 Å². The monoisotopic (exact) mass is 371 g/mol. The number of hydrogen-bond acceptors (Lipinski definition) is 1. The van der Waals surface area contributed by atoms with Crippen LogP contribution in [0.25, 0.3) is 11.1 Å². The Bertz CT molecular complexity index is 703. The summed E-state index contributed by atoms with van der Waals surface area (Å²) in [6, 6.07) is 10.6. The Kier molecular flexibility index (Phi) is 7.37. The lowest BCUT2D eigenvalue weighted by Gasteiger charge is -2.28. The van der Waals surface area contributed by atoms with Gasteiger partial charge in [-0.2, -0.15) is 13.8 Å². The van der Waals surface area contributed by atoms with Crippen molar-refractivity contribution >= 4 is 0 Å². The molecule has 2 aromatic rings. The molecular formula is C24H31F2N. The van der Waals surface area contributed by atoms with Crippen LogP contribution in [-0.4, -0.2) is 4.98 Å². The molecule has 146 valence electrons. The molecule has 27 heavy (non-hydrogen) atoms. The topological polar surface area (TPSA) is 12.9 Å². The molecule has 3 rings (SSSR count). The van der Waals surface area contributed by atoms with E-state index in [4.69, 9.17) is 0 Å². The van der Waals surface area contributed by atoms with Crippen LogP contribution < -0.4 is 0 Å². The SMILES string of the molecule is CCCCCC1CCC(CCc2ccc(-c3ccc(F)nc3F)cc2)CC1. The Labute approximate surface area is 162 Å². The van der Waals surface area contributed by atoms with Gasteiger partial charge in [0.05, 0.1) is 0 Å². The molecule has 1 heterocycles. The summed E-state index contributed by atoms with van der Waals surface area (Å²) < 4.78 is 26.8. The minimum absolute atomic E-state index is 0.351. The fourth-order valence-corrected chi connectivity index (χ4v) is 4.34. The Morgan fingerprint density at radius 3 is 2.15 bits per heavy atom. The van der Waals surface area contributed by atoms with Crippen molar-refractivity contribution in [3.8, 4) is 11.1 Å². The molecule has 0 bridgehead atoms. The number of aromatic nitrogens is 1. The first-order valence-electron chi connectivity index (χ1n) is 10.6. The average Bonchev–Trinajstić information content (AvgIpc) is 2.68. The van der Waals surface area contributed by atoms with E-state index in [-0.39, 0.29) is 0 Å². The molecule has 0 saturated heterocycles. The number of rotatable bonds is 8. The maximum Gasteiger partial charge on any atom is 0.223 e. The Balaban J connectivity index is 1.46. The fraction of sp³-hybridized carbons (Fsp3) is 0.542. The van der Waals surface area contributed by atoms with Crippen molar-refractivity contribution in [2.24, 2.45) is 11.8 Å². The van der Waals surface area contributed by atoms with Crippen molar-refractivity contribution in [3.05, 3.63) is 53.9 Å². The maximum atomic E-state index is 13.8. The van der Waals surface area contributed by atoms with Gasteiger partial charge in [0.2, 0.25) is 11.9 Å². The molecule has 1 aliphatic carbocycles. The van der Waals surface area contributed by atoms with E-state index in [1.54, 1.807) is 0 Å². The highest BCUT2D eigenvalue weighted by molar-refractivity contribution is 5.63. The third-order valence-electron chi connectivity index (χ3n) is 6.10. The largest absolute Gasteiger partial charge is 0.223 e. The van der Waals surface area contributed by atoms with Crippen LogP contribution in [0.15, 0.2) is 36.4 Å². The highest BCUT2D eigenvalue weighted by atomic mass is 19.1. The second kappa shape index (κ2) is 9.96. The van der Waals surface area contributed by atoms with E-state index in [1.807, 2.05) is 12.1 Å². The lowest BCUT2D eigenvalue weighted by molar-refractivity contribution is 0.249. The van der Waals surface area contributed by atoms with Crippen molar-refractivity contribution in [1.82, 2.24) is 4.98 Å². The molecule has 0 spiro atoms. The molecule has 1 aromatic carbocycles. The lowest BCUT2D eigenvalue weighted by Crippen LogP contribution is -2.15. The summed E-state index contributed by atoms with van der Waals surface area (Å²) in [6.07, 6.45) is 13.4. The Morgan fingerprint density at radius 1 is 0.852 bits per heavy atom. The Hall–Kier alpha value is -1.77. The predicted molar refractivity (Wildman–Crippen MR) is 108 cm³/mol. The van der Waals surface area contributed by atoms with E-state index in [2.05, 4.69) is 24.0 Å². The van der Waals surface area contributed by atoms with E-state index < -0.39 is 11.9 Å². The summed E-state index contributed by atoms with van der Waals surface area (Å²) in [5.74, 6) is 0.281. The van der Waals surface area contributed by atoms with E-state index in [1.165, 1.54) is 75.5 Å². The van der Waals surface area contributed by atoms with E-state index >= 15 is 0 Å². The zero-order valence-electron chi connectivity index (χ0n) is 16.4. The number of hydrogen-bond donors (Lipinski definition) is 0. The molecule has 1 nitrogen and oxygen atoms in total. The molecule has 0 radical (unpaired) electrons. The second-order valence-electron chi connectivity index (χ2n) is 8.09. The molecule has 0 unspecified atom stereocenters. The van der Waals surface area contributed by atoms with E-state index in [0.717, 1.165) is 23.8 Å². The smallest absolute Gasteiger partial charge is 0.190 e. The molecule has 0 atom stereocenters.